The zero-order valence-electron chi connectivity index (χ0n) is 10.6. The first-order chi connectivity index (χ1) is 8.71. The van der Waals surface area contributed by atoms with Crippen molar-refractivity contribution >= 4 is 15.2 Å². The molecule has 0 aromatic heterocycles. The van der Waals surface area contributed by atoms with Gasteiger partial charge in [0.25, 0.3) is 0 Å². The first kappa shape index (κ1) is 17.3. The van der Waals surface area contributed by atoms with Crippen LogP contribution in [-0.4, -0.2) is 31.1 Å². The van der Waals surface area contributed by atoms with Gasteiger partial charge in [-0.3, -0.25) is 14.6 Å². The largest absolute Gasteiger partial charge is 0.356 e. The van der Waals surface area contributed by atoms with Crippen molar-refractivity contribution in [2.75, 3.05) is 0 Å². The molecule has 0 atom stereocenters. The van der Waals surface area contributed by atoms with Gasteiger partial charge < -0.3 is 19.6 Å². The normalized spacial score (nSPS) is 20.3. The average Bonchev–Trinajstić information content (AvgIpc) is 2.16. The van der Waals surface area contributed by atoms with E-state index in [0.29, 0.717) is 0 Å². The molecule has 1 aliphatic carbocycles. The van der Waals surface area contributed by atoms with Crippen molar-refractivity contribution in [3.8, 4) is 0 Å². The third-order valence-electron chi connectivity index (χ3n) is 3.16. The van der Waals surface area contributed by atoms with Crippen LogP contribution in [0, 0.1) is 0 Å². The van der Waals surface area contributed by atoms with Gasteiger partial charge in [0.15, 0.2) is 0 Å². The lowest BCUT2D eigenvalue weighted by Crippen LogP contribution is -2.46. The first-order valence-corrected chi connectivity index (χ1v) is 9.69. The molecule has 0 heterocycles. The van der Waals surface area contributed by atoms with Gasteiger partial charge in [0, 0.05) is 6.04 Å². The van der Waals surface area contributed by atoms with E-state index < -0.39 is 20.7 Å². The molecule has 8 nitrogen and oxygen atoms in total. The lowest BCUT2D eigenvalue weighted by atomic mass is 9.97. The van der Waals surface area contributed by atoms with Crippen LogP contribution in [0.15, 0.2) is 0 Å². The van der Waals surface area contributed by atoms with E-state index in [2.05, 4.69) is 10.9 Å². The predicted molar refractivity (Wildman–Crippen MR) is 70.3 cm³/mol. The smallest absolute Gasteiger partial charge is 0.323 e. The minimum atomic E-state index is -4.92. The average molecular weight is 316 g/mol. The Kier molecular flexibility index (Phi) is 6.63. The van der Waals surface area contributed by atoms with Gasteiger partial charge in [-0.05, 0) is 12.8 Å². The molecule has 0 aromatic carbocycles. The summed E-state index contributed by atoms with van der Waals surface area (Å²) >= 11 is 0. The Morgan fingerprint density at radius 2 is 1.26 bits per heavy atom. The van der Waals surface area contributed by atoms with Crippen molar-refractivity contribution in [2.24, 2.45) is 0 Å². The van der Waals surface area contributed by atoms with Gasteiger partial charge in [-0.2, -0.15) is 0 Å². The van der Waals surface area contributed by atoms with Crippen molar-refractivity contribution in [1.82, 2.24) is 10.9 Å². The van der Waals surface area contributed by atoms with Crippen molar-refractivity contribution in [2.45, 2.75) is 56.5 Å². The molecule has 1 rings (SSSR count). The minimum absolute atomic E-state index is 0.0269. The monoisotopic (exact) mass is 316 g/mol. The number of nitrogens with one attached hydrogen (secondary N) is 2. The molecule has 0 radical (unpaired) electrons. The van der Waals surface area contributed by atoms with E-state index in [-0.39, 0.29) is 6.04 Å². The molecular weight excluding hydrogens is 294 g/mol. The number of hydrogen-bond acceptors (Lipinski definition) is 4. The summed E-state index contributed by atoms with van der Waals surface area (Å²) in [5, 5.41) is 0. The molecule has 0 unspecified atom stereocenters. The summed E-state index contributed by atoms with van der Waals surface area (Å²) in [6, 6.07) is -0.0269. The van der Waals surface area contributed by atoms with E-state index in [1.54, 1.807) is 0 Å². The van der Waals surface area contributed by atoms with E-state index in [0.717, 1.165) is 38.5 Å². The highest BCUT2D eigenvalue weighted by atomic mass is 31.2. The van der Waals surface area contributed by atoms with Crippen LogP contribution in [0.3, 0.4) is 0 Å². The lowest BCUT2D eigenvalue weighted by Gasteiger charge is -2.26. The molecule has 19 heavy (non-hydrogen) atoms. The molecule has 0 aliphatic heterocycles. The van der Waals surface area contributed by atoms with E-state index in [1.165, 1.54) is 6.42 Å². The summed E-state index contributed by atoms with van der Waals surface area (Å²) in [5.74, 6) is 0. The van der Waals surface area contributed by atoms with E-state index in [9.17, 15) is 9.13 Å². The Morgan fingerprint density at radius 1 is 0.842 bits per heavy atom. The van der Waals surface area contributed by atoms with Gasteiger partial charge in [-0.1, -0.05) is 32.1 Å². The van der Waals surface area contributed by atoms with Gasteiger partial charge >= 0.3 is 15.2 Å². The lowest BCUT2D eigenvalue weighted by molar-refractivity contribution is 0.298. The second-order valence-electron chi connectivity index (χ2n) is 4.88. The number of rotatable bonds is 5. The summed E-state index contributed by atoms with van der Waals surface area (Å²) in [7, 11) is -9.84. The summed E-state index contributed by atoms with van der Waals surface area (Å²) in [5.41, 5.74) is 2.62. The molecule has 0 bridgehead atoms. The highest BCUT2D eigenvalue weighted by molar-refractivity contribution is 7.70. The molecule has 0 spiro atoms. The zero-order chi connectivity index (χ0) is 14.5. The number of hydrogen-bond donors (Lipinski definition) is 6. The third-order valence-corrected chi connectivity index (χ3v) is 6.50. The molecule has 0 saturated heterocycles. The van der Waals surface area contributed by atoms with E-state index in [4.69, 9.17) is 19.6 Å². The summed E-state index contributed by atoms with van der Waals surface area (Å²) in [6.45, 7) is 0. The molecule has 1 saturated carbocycles. The second kappa shape index (κ2) is 7.29. The molecular formula is C9H22N2O6P2. The summed E-state index contributed by atoms with van der Waals surface area (Å²) in [6.07, 6.45) is 7.04. The Labute approximate surface area is 112 Å². The maximum atomic E-state index is 11.1. The fraction of sp³-hybridized carbons (Fsp3) is 1.00. The Morgan fingerprint density at radius 3 is 1.68 bits per heavy atom. The Hall–Kier alpha value is 0.220. The predicted octanol–water partition coefficient (Wildman–Crippen LogP) is 0.832. The molecule has 10 heteroatoms. The van der Waals surface area contributed by atoms with Crippen molar-refractivity contribution in [3.63, 3.8) is 0 Å². The third kappa shape index (κ3) is 6.47. The molecule has 1 fully saturated rings. The fourth-order valence-corrected chi connectivity index (χ4v) is 4.21. The second-order valence-corrected chi connectivity index (χ2v) is 8.68. The van der Waals surface area contributed by atoms with Crippen LogP contribution in [0.1, 0.15) is 44.9 Å². The van der Waals surface area contributed by atoms with Crippen LogP contribution in [0.2, 0.25) is 0 Å². The van der Waals surface area contributed by atoms with Crippen molar-refractivity contribution in [1.29, 1.82) is 0 Å². The maximum absolute atomic E-state index is 11.1. The molecule has 6 N–H and O–H groups in total. The zero-order valence-corrected chi connectivity index (χ0v) is 12.4. The molecule has 0 amide bonds. The fourth-order valence-electron chi connectivity index (χ4n) is 2.16. The van der Waals surface area contributed by atoms with Gasteiger partial charge in [-0.25, -0.2) is 5.43 Å². The summed E-state index contributed by atoms with van der Waals surface area (Å²) < 4.78 is 22.1. The molecule has 114 valence electrons. The Balaban J connectivity index is 2.55. The van der Waals surface area contributed by atoms with Gasteiger partial charge in [0.1, 0.15) is 0 Å². The standard InChI is InChI=1S/C9H22N2O6P2/c12-18(13,14)9(19(15,16)17)11-10-8-6-4-2-1-3-5-7-8/h8-11H,1-7H2,(H2,12,13,14)(H2,15,16,17). The quantitative estimate of drug-likeness (QED) is 0.324. The van der Waals surface area contributed by atoms with Crippen LogP contribution in [0.4, 0.5) is 0 Å². The minimum Gasteiger partial charge on any atom is -0.323 e. The Bertz CT molecular complexity index is 338. The van der Waals surface area contributed by atoms with Crippen LogP contribution < -0.4 is 10.9 Å². The first-order valence-electron chi connectivity index (χ1n) is 6.33. The van der Waals surface area contributed by atoms with E-state index in [1.807, 2.05) is 0 Å². The van der Waals surface area contributed by atoms with Gasteiger partial charge in [0.05, 0.1) is 0 Å². The van der Waals surface area contributed by atoms with Crippen molar-refractivity contribution < 1.29 is 28.7 Å². The van der Waals surface area contributed by atoms with Crippen LogP contribution in [-0.2, 0) is 9.13 Å². The topological polar surface area (TPSA) is 139 Å². The maximum Gasteiger partial charge on any atom is 0.356 e. The van der Waals surface area contributed by atoms with Gasteiger partial charge in [0.2, 0.25) is 5.52 Å². The highest BCUT2D eigenvalue weighted by Gasteiger charge is 2.43. The molecule has 0 aromatic rings. The molecule has 1 aliphatic rings. The highest BCUT2D eigenvalue weighted by Crippen LogP contribution is 2.57. The van der Waals surface area contributed by atoms with E-state index >= 15 is 0 Å². The van der Waals surface area contributed by atoms with Crippen LogP contribution >= 0.6 is 15.2 Å². The summed E-state index contributed by atoms with van der Waals surface area (Å²) in [4.78, 5) is 35.8. The SMILES string of the molecule is O=P(O)(O)C(NNC1CCCCCCC1)P(=O)(O)O. The van der Waals surface area contributed by atoms with Gasteiger partial charge in [-0.15, -0.1) is 0 Å². The number of hydrazine groups is 1. The van der Waals surface area contributed by atoms with Crippen LogP contribution in [0.5, 0.6) is 0 Å². The van der Waals surface area contributed by atoms with Crippen LogP contribution in [0.25, 0.3) is 0 Å². The van der Waals surface area contributed by atoms with Crippen molar-refractivity contribution in [3.05, 3.63) is 0 Å².